The zero-order chi connectivity index (χ0) is 25.8. The Labute approximate surface area is 204 Å². The van der Waals surface area contributed by atoms with Gasteiger partial charge in [-0.2, -0.15) is 18.3 Å². The lowest BCUT2D eigenvalue weighted by Gasteiger charge is -2.14. The molecule has 9 heteroatoms. The summed E-state index contributed by atoms with van der Waals surface area (Å²) < 4.78 is 50.5. The predicted octanol–water partition coefficient (Wildman–Crippen LogP) is 6.14. The highest BCUT2D eigenvalue weighted by Crippen LogP contribution is 2.36. The van der Waals surface area contributed by atoms with Crippen molar-refractivity contribution in [3.8, 4) is 17.1 Å². The Balaban J connectivity index is 1.73. The minimum Gasteiger partial charge on any atom is -0.441 e. The maximum atomic E-state index is 14.0. The average molecular weight is 493 g/mol. The Morgan fingerprint density at radius 3 is 2.33 bits per heavy atom. The van der Waals surface area contributed by atoms with Crippen LogP contribution in [0.25, 0.3) is 28.2 Å². The highest BCUT2D eigenvalue weighted by molar-refractivity contribution is 5.84. The monoisotopic (exact) mass is 492 g/mol. The van der Waals surface area contributed by atoms with Crippen LogP contribution in [0.2, 0.25) is 0 Å². The largest absolute Gasteiger partial charge is 0.441 e. The summed E-state index contributed by atoms with van der Waals surface area (Å²) in [4.78, 5) is 17.7. The fourth-order valence-corrected chi connectivity index (χ4v) is 4.33. The van der Waals surface area contributed by atoms with Gasteiger partial charge < -0.3 is 4.42 Å². The lowest BCUT2D eigenvalue weighted by molar-refractivity contribution is -0.136. The van der Waals surface area contributed by atoms with E-state index >= 15 is 0 Å². The Morgan fingerprint density at radius 2 is 1.67 bits per heavy atom. The van der Waals surface area contributed by atoms with E-state index in [1.807, 2.05) is 50.2 Å². The molecule has 5 rings (SSSR count). The van der Waals surface area contributed by atoms with Crippen molar-refractivity contribution >= 4 is 11.0 Å². The molecular weight excluding hydrogens is 469 g/mol. The van der Waals surface area contributed by atoms with Gasteiger partial charge in [0.15, 0.2) is 0 Å². The van der Waals surface area contributed by atoms with Crippen LogP contribution in [0.15, 0.2) is 63.8 Å². The number of alkyl halides is 3. The molecule has 6 nitrogen and oxygen atoms in total. The van der Waals surface area contributed by atoms with Gasteiger partial charge >= 0.3 is 6.18 Å². The van der Waals surface area contributed by atoms with Gasteiger partial charge in [-0.25, -0.2) is 9.67 Å². The summed E-state index contributed by atoms with van der Waals surface area (Å²) in [6.45, 7) is 7.01. The highest BCUT2D eigenvalue weighted by Gasteiger charge is 2.36. The van der Waals surface area contributed by atoms with Crippen LogP contribution in [0.1, 0.15) is 33.8 Å². The van der Waals surface area contributed by atoms with Gasteiger partial charge in [-0.3, -0.25) is 9.36 Å². The predicted molar refractivity (Wildman–Crippen MR) is 130 cm³/mol. The van der Waals surface area contributed by atoms with Crippen LogP contribution in [-0.2, 0) is 12.7 Å². The molecule has 0 saturated carbocycles. The zero-order valence-corrected chi connectivity index (χ0v) is 20.1. The number of aryl methyl sites for hydroxylation is 4. The van der Waals surface area contributed by atoms with E-state index < -0.39 is 17.3 Å². The number of fused-ring (bicyclic) bond motifs is 1. The van der Waals surface area contributed by atoms with E-state index in [-0.39, 0.29) is 23.3 Å². The second-order valence-corrected chi connectivity index (χ2v) is 8.90. The molecule has 0 aliphatic rings. The lowest BCUT2D eigenvalue weighted by Crippen LogP contribution is -2.25. The molecule has 0 amide bonds. The number of pyridine rings is 1. The van der Waals surface area contributed by atoms with E-state index in [4.69, 9.17) is 4.42 Å². The summed E-state index contributed by atoms with van der Waals surface area (Å²) in [6, 6.07) is 15.4. The first-order valence-corrected chi connectivity index (χ1v) is 11.3. The summed E-state index contributed by atoms with van der Waals surface area (Å²) in [5, 5.41) is 4.28. The lowest BCUT2D eigenvalue weighted by atomic mass is 10.1. The molecule has 0 N–H and O–H groups in total. The fraction of sp³-hybridized carbons (Fsp3) is 0.222. The number of oxazole rings is 1. The number of rotatable bonds is 4. The Hall–Kier alpha value is -4.14. The van der Waals surface area contributed by atoms with Crippen LogP contribution >= 0.6 is 0 Å². The number of aromatic nitrogens is 4. The van der Waals surface area contributed by atoms with Gasteiger partial charge in [0.05, 0.1) is 28.9 Å². The van der Waals surface area contributed by atoms with Gasteiger partial charge in [0.2, 0.25) is 5.89 Å². The Kier molecular flexibility index (Phi) is 5.58. The molecule has 0 aliphatic carbocycles. The number of benzene rings is 2. The van der Waals surface area contributed by atoms with Crippen LogP contribution in [0.3, 0.4) is 0 Å². The molecule has 184 valence electrons. The second kappa shape index (κ2) is 8.51. The molecular formula is C27H23F3N4O2. The first-order chi connectivity index (χ1) is 17.0. The van der Waals surface area contributed by atoms with Gasteiger partial charge in [0, 0.05) is 11.6 Å². The normalized spacial score (nSPS) is 12.0. The first kappa shape index (κ1) is 23.6. The number of nitrogens with zero attached hydrogens (tertiary/aromatic N) is 4. The minimum atomic E-state index is -4.72. The van der Waals surface area contributed by atoms with Crippen LogP contribution in [0.5, 0.6) is 0 Å². The van der Waals surface area contributed by atoms with Crippen molar-refractivity contribution in [1.29, 1.82) is 0 Å². The zero-order valence-electron chi connectivity index (χ0n) is 20.1. The van der Waals surface area contributed by atoms with Gasteiger partial charge in [-0.05, 0) is 52.0 Å². The van der Waals surface area contributed by atoms with Crippen LogP contribution < -0.4 is 5.56 Å². The summed E-state index contributed by atoms with van der Waals surface area (Å²) >= 11 is 0. The molecule has 0 spiro atoms. The van der Waals surface area contributed by atoms with Crippen LogP contribution in [0.4, 0.5) is 13.2 Å². The van der Waals surface area contributed by atoms with Gasteiger partial charge in [-0.1, -0.05) is 35.4 Å². The maximum absolute atomic E-state index is 14.0. The van der Waals surface area contributed by atoms with Gasteiger partial charge in [-0.15, -0.1) is 0 Å². The van der Waals surface area contributed by atoms with E-state index in [0.717, 1.165) is 16.7 Å². The van der Waals surface area contributed by atoms with E-state index in [9.17, 15) is 18.0 Å². The smallest absolute Gasteiger partial charge is 0.417 e. The number of hydrogen-bond acceptors (Lipinski definition) is 4. The summed E-state index contributed by atoms with van der Waals surface area (Å²) in [5.74, 6) is 0.857. The molecule has 3 aromatic heterocycles. The van der Waals surface area contributed by atoms with Crippen molar-refractivity contribution in [1.82, 2.24) is 19.3 Å². The topological polar surface area (TPSA) is 65.8 Å². The molecule has 0 atom stereocenters. The molecule has 0 unspecified atom stereocenters. The van der Waals surface area contributed by atoms with Crippen LogP contribution in [0, 0.1) is 27.7 Å². The third-order valence-corrected chi connectivity index (χ3v) is 6.14. The molecule has 2 aromatic carbocycles. The molecule has 36 heavy (non-hydrogen) atoms. The quantitative estimate of drug-likeness (QED) is 0.302. The van der Waals surface area contributed by atoms with Crippen molar-refractivity contribution in [3.05, 3.63) is 98.8 Å². The van der Waals surface area contributed by atoms with E-state index in [0.29, 0.717) is 29.1 Å². The minimum absolute atomic E-state index is 0.0516. The van der Waals surface area contributed by atoms with Crippen molar-refractivity contribution in [3.63, 3.8) is 0 Å². The summed E-state index contributed by atoms with van der Waals surface area (Å²) in [5.41, 5.74) is 2.20. The second-order valence-electron chi connectivity index (χ2n) is 8.90. The number of hydrogen-bond donors (Lipinski definition) is 0. The SMILES string of the molecule is Cc1ccc(-n2nc(C)c3c(C(F)(F)F)cc(=O)n(Cc4nc(-c5cccc(C)c5)oc4C)c32)cc1. The molecule has 0 radical (unpaired) electrons. The van der Waals surface area contributed by atoms with E-state index in [1.54, 1.807) is 19.1 Å². The summed E-state index contributed by atoms with van der Waals surface area (Å²) in [7, 11) is 0. The number of halogens is 3. The third-order valence-electron chi connectivity index (χ3n) is 6.14. The first-order valence-electron chi connectivity index (χ1n) is 11.3. The van der Waals surface area contributed by atoms with Crippen molar-refractivity contribution < 1.29 is 17.6 Å². The Bertz CT molecular complexity index is 1660. The maximum Gasteiger partial charge on any atom is 0.417 e. The summed E-state index contributed by atoms with van der Waals surface area (Å²) in [6.07, 6.45) is -4.72. The van der Waals surface area contributed by atoms with E-state index in [1.165, 1.54) is 16.2 Å². The molecule has 0 saturated heterocycles. The van der Waals surface area contributed by atoms with Crippen LogP contribution in [-0.4, -0.2) is 19.3 Å². The molecule has 0 fully saturated rings. The van der Waals surface area contributed by atoms with Crippen molar-refractivity contribution in [2.24, 2.45) is 0 Å². The standard InChI is InChI=1S/C27H23F3N4O2/c1-15-8-10-20(11-9-15)34-26-24(17(3)32-34)21(27(28,29)30)13-23(35)33(26)14-22-18(4)36-25(31-22)19-7-5-6-16(2)12-19/h5-13H,14H2,1-4H3. The molecule has 5 aromatic rings. The molecule has 3 heterocycles. The van der Waals surface area contributed by atoms with Gasteiger partial charge in [0.25, 0.3) is 5.56 Å². The molecule has 0 aliphatic heterocycles. The Morgan fingerprint density at radius 1 is 0.944 bits per heavy atom. The fourth-order valence-electron chi connectivity index (χ4n) is 4.33. The van der Waals surface area contributed by atoms with Crippen molar-refractivity contribution in [2.45, 2.75) is 40.4 Å². The van der Waals surface area contributed by atoms with Crippen molar-refractivity contribution in [2.75, 3.05) is 0 Å². The van der Waals surface area contributed by atoms with Gasteiger partial charge in [0.1, 0.15) is 17.1 Å². The third kappa shape index (κ3) is 4.10. The highest BCUT2D eigenvalue weighted by atomic mass is 19.4. The van der Waals surface area contributed by atoms with E-state index in [2.05, 4.69) is 10.1 Å². The molecule has 0 bridgehead atoms. The average Bonchev–Trinajstić information content (AvgIpc) is 3.35.